The summed E-state index contributed by atoms with van der Waals surface area (Å²) in [7, 11) is 0. The highest BCUT2D eigenvalue weighted by atomic mass is 32.2. The van der Waals surface area contributed by atoms with Gasteiger partial charge in [0.25, 0.3) is 0 Å². The van der Waals surface area contributed by atoms with E-state index in [2.05, 4.69) is 85.8 Å². The molecule has 0 N–H and O–H groups in total. The van der Waals surface area contributed by atoms with E-state index in [0.717, 1.165) is 0 Å². The summed E-state index contributed by atoms with van der Waals surface area (Å²) in [5.41, 5.74) is 6.95. The summed E-state index contributed by atoms with van der Waals surface area (Å²) in [4.78, 5) is 2.82. The Morgan fingerprint density at radius 1 is 0.704 bits per heavy atom. The lowest BCUT2D eigenvalue weighted by atomic mass is 9.63. The third-order valence-electron chi connectivity index (χ3n) is 6.18. The highest BCUT2D eigenvalue weighted by Crippen LogP contribution is 2.71. The summed E-state index contributed by atoms with van der Waals surface area (Å²) < 4.78 is 6.51. The molecule has 4 atom stereocenters. The van der Waals surface area contributed by atoms with Crippen LogP contribution in [0.1, 0.15) is 34.5 Å². The van der Waals surface area contributed by atoms with E-state index in [1.54, 1.807) is 0 Å². The zero-order chi connectivity index (χ0) is 18.0. The predicted octanol–water partition coefficient (Wildman–Crippen LogP) is 6.57. The monoisotopic (exact) mass is 368 g/mol. The number of ether oxygens (including phenoxy) is 1. The number of hydrogen-bond donors (Lipinski definition) is 0. The second kappa shape index (κ2) is 5.85. The van der Waals surface area contributed by atoms with Crippen LogP contribution in [0.25, 0.3) is 5.57 Å². The topological polar surface area (TPSA) is 9.23 Å². The Labute approximate surface area is 164 Å². The van der Waals surface area contributed by atoms with Gasteiger partial charge >= 0.3 is 0 Å². The number of rotatable bonds is 3. The van der Waals surface area contributed by atoms with Crippen LogP contribution in [-0.2, 0) is 4.74 Å². The minimum absolute atomic E-state index is 0.216. The van der Waals surface area contributed by atoms with Crippen molar-refractivity contribution in [3.05, 3.63) is 106 Å². The van der Waals surface area contributed by atoms with Crippen LogP contribution in [-0.4, -0.2) is 0 Å². The Morgan fingerprint density at radius 2 is 1.33 bits per heavy atom. The second-order valence-electron chi connectivity index (χ2n) is 7.72. The molecule has 2 aliphatic heterocycles. The van der Waals surface area contributed by atoms with E-state index < -0.39 is 0 Å². The number of benzene rings is 3. The maximum Gasteiger partial charge on any atom is 0.0918 e. The van der Waals surface area contributed by atoms with Gasteiger partial charge in [0, 0.05) is 21.6 Å². The van der Waals surface area contributed by atoms with Gasteiger partial charge in [0.2, 0.25) is 0 Å². The van der Waals surface area contributed by atoms with E-state index in [0.29, 0.717) is 11.8 Å². The van der Waals surface area contributed by atoms with Crippen molar-refractivity contribution in [1.82, 2.24) is 0 Å². The first-order valence-electron chi connectivity index (χ1n) is 9.59. The summed E-state index contributed by atoms with van der Waals surface area (Å²) in [5, 5.41) is 0. The second-order valence-corrected chi connectivity index (χ2v) is 8.83. The van der Waals surface area contributed by atoms with Crippen LogP contribution >= 0.6 is 11.8 Å². The zero-order valence-electron chi connectivity index (χ0n) is 15.1. The average Bonchev–Trinajstić information content (AvgIpc) is 3.22. The number of fused-ring (bicyclic) bond motifs is 8. The first-order chi connectivity index (χ1) is 13.3. The highest BCUT2D eigenvalue weighted by Gasteiger charge is 2.60. The molecule has 0 saturated carbocycles. The van der Waals surface area contributed by atoms with Gasteiger partial charge in [-0.25, -0.2) is 0 Å². The maximum atomic E-state index is 6.51. The van der Waals surface area contributed by atoms with Crippen LogP contribution < -0.4 is 0 Å². The molecule has 0 unspecified atom stereocenters. The minimum Gasteiger partial charge on any atom is -0.364 e. The molecule has 0 spiro atoms. The Morgan fingerprint density at radius 3 is 2.04 bits per heavy atom. The number of hydrogen-bond acceptors (Lipinski definition) is 2. The van der Waals surface area contributed by atoms with Crippen molar-refractivity contribution in [2.45, 2.75) is 24.0 Å². The van der Waals surface area contributed by atoms with Gasteiger partial charge < -0.3 is 4.74 Å². The van der Waals surface area contributed by atoms with Crippen LogP contribution in [0.3, 0.4) is 0 Å². The van der Waals surface area contributed by atoms with Crippen molar-refractivity contribution in [3.63, 3.8) is 0 Å². The van der Waals surface area contributed by atoms with E-state index >= 15 is 0 Å². The molecule has 1 aliphatic carbocycles. The van der Waals surface area contributed by atoms with Crippen molar-refractivity contribution in [3.8, 4) is 0 Å². The molecule has 2 bridgehead atoms. The fourth-order valence-corrected chi connectivity index (χ4v) is 6.25. The van der Waals surface area contributed by atoms with Crippen LogP contribution in [0.15, 0.2) is 88.7 Å². The van der Waals surface area contributed by atoms with Gasteiger partial charge in [0.15, 0.2) is 0 Å². The largest absolute Gasteiger partial charge is 0.364 e. The zero-order valence-corrected chi connectivity index (χ0v) is 15.9. The first-order valence-corrected chi connectivity index (χ1v) is 10.4. The van der Waals surface area contributed by atoms with Gasteiger partial charge in [-0.05, 0) is 41.3 Å². The van der Waals surface area contributed by atoms with Crippen LogP contribution in [0.5, 0.6) is 0 Å². The smallest absolute Gasteiger partial charge is 0.0918 e. The van der Waals surface area contributed by atoms with Gasteiger partial charge in [-0.2, -0.15) is 0 Å². The van der Waals surface area contributed by atoms with Crippen molar-refractivity contribution in [2.75, 3.05) is 0 Å². The Kier molecular flexibility index (Phi) is 3.41. The fraction of sp³-hybridized carbons (Fsp3) is 0.200. The minimum atomic E-state index is 0.216. The van der Waals surface area contributed by atoms with Crippen LogP contribution in [0.4, 0.5) is 0 Å². The average molecular weight is 369 g/mol. The summed E-state index contributed by atoms with van der Waals surface area (Å²) in [6.45, 7) is 2.14. The number of thioether (sulfide) groups is 1. The van der Waals surface area contributed by atoms with E-state index in [1.165, 1.54) is 37.6 Å². The van der Waals surface area contributed by atoms with E-state index in [1.807, 2.05) is 11.8 Å². The summed E-state index contributed by atoms with van der Waals surface area (Å²) in [6, 6.07) is 28.6. The Hall–Kier alpha value is -2.29. The lowest BCUT2D eigenvalue weighted by Crippen LogP contribution is -2.33. The molecule has 0 amide bonds. The Bertz CT molecular complexity index is 1050. The molecule has 2 heteroatoms. The molecule has 1 fully saturated rings. The third kappa shape index (κ3) is 2.24. The van der Waals surface area contributed by atoms with Crippen molar-refractivity contribution in [1.29, 1.82) is 0 Å². The van der Waals surface area contributed by atoms with Crippen molar-refractivity contribution >= 4 is 17.3 Å². The van der Waals surface area contributed by atoms with Gasteiger partial charge in [-0.3, -0.25) is 0 Å². The first kappa shape index (κ1) is 15.7. The molecule has 3 aromatic rings. The molecular formula is C25H20OS. The predicted molar refractivity (Wildman–Crippen MR) is 110 cm³/mol. The van der Waals surface area contributed by atoms with E-state index in [9.17, 15) is 0 Å². The van der Waals surface area contributed by atoms with E-state index in [4.69, 9.17) is 4.74 Å². The third-order valence-corrected chi connectivity index (χ3v) is 7.40. The fourth-order valence-electron chi connectivity index (χ4n) is 4.95. The summed E-state index contributed by atoms with van der Waals surface area (Å²) in [6.07, 6.45) is 0.436. The van der Waals surface area contributed by atoms with Gasteiger partial charge in [0.1, 0.15) is 0 Å². The molecule has 2 heterocycles. The number of aryl methyl sites for hydroxylation is 1. The van der Waals surface area contributed by atoms with E-state index in [-0.39, 0.29) is 12.2 Å². The molecule has 1 saturated heterocycles. The molecule has 3 aliphatic rings. The quantitative estimate of drug-likeness (QED) is 0.517. The molecule has 0 aromatic heterocycles. The van der Waals surface area contributed by atoms with Crippen LogP contribution in [0.2, 0.25) is 0 Å². The molecule has 0 radical (unpaired) electrons. The molecular weight excluding hydrogens is 348 g/mol. The lowest BCUT2D eigenvalue weighted by molar-refractivity contribution is 0.0625. The lowest BCUT2D eigenvalue weighted by Gasteiger charge is -2.43. The molecule has 27 heavy (non-hydrogen) atoms. The summed E-state index contributed by atoms with van der Waals surface area (Å²) >= 11 is 1.93. The highest BCUT2D eigenvalue weighted by molar-refractivity contribution is 8.03. The molecule has 1 nitrogen and oxygen atoms in total. The standard InChI is InChI=1S/C25H20OS/c1-15-11-13-17(14-12-15)27-25-20(16-7-3-2-4-8-16)21-22(25)24-19-10-6-5-9-18(19)23(21)26-24/h2-14,21-24H,1H3/t21-,22+,23+,24-/m1/s1. The normalized spacial score (nSPS) is 27.3. The van der Waals surface area contributed by atoms with Gasteiger partial charge in [0.05, 0.1) is 12.2 Å². The van der Waals surface area contributed by atoms with Gasteiger partial charge in [-0.1, -0.05) is 84.1 Å². The van der Waals surface area contributed by atoms with Crippen molar-refractivity contribution < 1.29 is 4.74 Å². The SMILES string of the molecule is Cc1ccc(SC2=C(c3ccccc3)[C@@H]3[C@H]2[C@@H]2O[C@H]3c3ccccc32)cc1. The molecule has 3 aromatic carbocycles. The molecule has 6 rings (SSSR count). The summed E-state index contributed by atoms with van der Waals surface area (Å²) in [5.74, 6) is 0.978. The van der Waals surface area contributed by atoms with Crippen molar-refractivity contribution in [2.24, 2.45) is 11.8 Å². The molecule has 132 valence electrons. The Balaban J connectivity index is 1.46. The van der Waals surface area contributed by atoms with Crippen LogP contribution in [0, 0.1) is 18.8 Å². The van der Waals surface area contributed by atoms with Gasteiger partial charge in [-0.15, -0.1) is 0 Å². The maximum absolute atomic E-state index is 6.51.